The van der Waals surface area contributed by atoms with Crippen LogP contribution in [-0.4, -0.2) is 37.0 Å². The van der Waals surface area contributed by atoms with Crippen molar-refractivity contribution in [2.45, 2.75) is 18.9 Å². The lowest BCUT2D eigenvalue weighted by atomic mass is 10.0. The van der Waals surface area contributed by atoms with Crippen LogP contribution in [0.3, 0.4) is 0 Å². The van der Waals surface area contributed by atoms with E-state index in [1.165, 1.54) is 19.2 Å². The average molecular weight is 252 g/mol. The van der Waals surface area contributed by atoms with E-state index in [1.54, 1.807) is 11.0 Å². The normalized spacial score (nSPS) is 16.7. The smallest absolute Gasteiger partial charge is 0.256 e. The van der Waals surface area contributed by atoms with E-state index in [0.29, 0.717) is 18.8 Å². The number of nitrogens with two attached hydrogens (primary N) is 1. The fraction of sp³-hybridized carbons (Fsp3) is 0.462. The Balaban J connectivity index is 2.13. The summed E-state index contributed by atoms with van der Waals surface area (Å²) >= 11 is 0. The van der Waals surface area contributed by atoms with Crippen LogP contribution in [0.15, 0.2) is 18.2 Å². The van der Waals surface area contributed by atoms with Crippen molar-refractivity contribution in [1.29, 1.82) is 0 Å². The standard InChI is InChI=1S/C13H17FN2O2/c1-18-10-2-3-11(12(14)8-10)13(17)16-6-4-9(15)5-7-16/h2-3,8-9H,4-7,15H2,1H3. The molecule has 1 amide bonds. The molecule has 0 bridgehead atoms. The minimum absolute atomic E-state index is 0.0891. The van der Waals surface area contributed by atoms with E-state index in [4.69, 9.17) is 10.5 Å². The van der Waals surface area contributed by atoms with Crippen molar-refractivity contribution in [3.05, 3.63) is 29.6 Å². The lowest BCUT2D eigenvalue weighted by Gasteiger charge is -2.30. The number of piperidine rings is 1. The number of carbonyl (C=O) groups is 1. The van der Waals surface area contributed by atoms with Crippen molar-refractivity contribution in [3.8, 4) is 5.75 Å². The number of ether oxygens (including phenoxy) is 1. The van der Waals surface area contributed by atoms with Gasteiger partial charge in [0.1, 0.15) is 11.6 Å². The monoisotopic (exact) mass is 252 g/mol. The summed E-state index contributed by atoms with van der Waals surface area (Å²) in [6.45, 7) is 1.18. The number of benzene rings is 1. The van der Waals surface area contributed by atoms with E-state index in [-0.39, 0.29) is 17.5 Å². The van der Waals surface area contributed by atoms with E-state index < -0.39 is 5.82 Å². The molecule has 5 heteroatoms. The summed E-state index contributed by atoms with van der Waals surface area (Å²) in [4.78, 5) is 13.8. The number of amides is 1. The highest BCUT2D eigenvalue weighted by Gasteiger charge is 2.23. The van der Waals surface area contributed by atoms with E-state index in [9.17, 15) is 9.18 Å². The first-order chi connectivity index (χ1) is 8.61. The molecule has 0 unspecified atom stereocenters. The first kappa shape index (κ1) is 12.8. The maximum Gasteiger partial charge on any atom is 0.256 e. The summed E-state index contributed by atoms with van der Waals surface area (Å²) in [6, 6.07) is 4.43. The van der Waals surface area contributed by atoms with E-state index >= 15 is 0 Å². The molecule has 1 saturated heterocycles. The Bertz CT molecular complexity index is 443. The quantitative estimate of drug-likeness (QED) is 0.865. The summed E-state index contributed by atoms with van der Waals surface area (Å²) in [5.41, 5.74) is 5.86. The molecule has 1 aromatic carbocycles. The summed E-state index contributed by atoms with van der Waals surface area (Å²) in [5, 5.41) is 0. The number of hydrogen-bond donors (Lipinski definition) is 1. The summed E-state index contributed by atoms with van der Waals surface area (Å²) in [7, 11) is 1.46. The minimum Gasteiger partial charge on any atom is -0.497 e. The topological polar surface area (TPSA) is 55.6 Å². The van der Waals surface area contributed by atoms with Crippen molar-refractivity contribution < 1.29 is 13.9 Å². The van der Waals surface area contributed by atoms with Gasteiger partial charge >= 0.3 is 0 Å². The third kappa shape index (κ3) is 2.61. The Labute approximate surface area is 106 Å². The van der Waals surface area contributed by atoms with Crippen LogP contribution in [0.5, 0.6) is 5.75 Å². The maximum absolute atomic E-state index is 13.8. The van der Waals surface area contributed by atoms with E-state index in [1.807, 2.05) is 0 Å². The van der Waals surface area contributed by atoms with Gasteiger partial charge in [0.05, 0.1) is 12.7 Å². The van der Waals surface area contributed by atoms with Crippen LogP contribution in [0.1, 0.15) is 23.2 Å². The molecule has 2 N–H and O–H groups in total. The molecule has 1 fully saturated rings. The number of hydrogen-bond acceptors (Lipinski definition) is 3. The van der Waals surface area contributed by atoms with Gasteiger partial charge < -0.3 is 15.4 Å². The van der Waals surface area contributed by atoms with Gasteiger partial charge in [-0.1, -0.05) is 0 Å². The van der Waals surface area contributed by atoms with Crippen molar-refractivity contribution in [3.63, 3.8) is 0 Å². The number of nitrogens with zero attached hydrogens (tertiary/aromatic N) is 1. The van der Waals surface area contributed by atoms with Gasteiger partial charge in [0.15, 0.2) is 0 Å². The predicted octanol–water partition coefficient (Wildman–Crippen LogP) is 1.40. The number of rotatable bonds is 2. The molecule has 18 heavy (non-hydrogen) atoms. The van der Waals surface area contributed by atoms with Crippen LogP contribution in [0.2, 0.25) is 0 Å². The van der Waals surface area contributed by atoms with Gasteiger partial charge in [-0.05, 0) is 25.0 Å². The molecule has 0 aromatic heterocycles. The van der Waals surface area contributed by atoms with Crippen LogP contribution < -0.4 is 10.5 Å². The Morgan fingerprint density at radius 1 is 1.44 bits per heavy atom. The van der Waals surface area contributed by atoms with E-state index in [2.05, 4.69) is 0 Å². The molecular weight excluding hydrogens is 235 g/mol. The highest BCUT2D eigenvalue weighted by molar-refractivity contribution is 5.94. The largest absolute Gasteiger partial charge is 0.497 e. The Kier molecular flexibility index (Phi) is 3.81. The third-order valence-corrected chi connectivity index (χ3v) is 3.23. The van der Waals surface area contributed by atoms with Crippen LogP contribution in [0.25, 0.3) is 0 Å². The first-order valence-corrected chi connectivity index (χ1v) is 6.00. The van der Waals surface area contributed by atoms with Gasteiger partial charge in [0.2, 0.25) is 0 Å². The molecule has 1 aliphatic rings. The average Bonchev–Trinajstić information content (AvgIpc) is 2.38. The zero-order valence-electron chi connectivity index (χ0n) is 10.4. The molecule has 98 valence electrons. The number of halogens is 1. The fourth-order valence-corrected chi connectivity index (χ4v) is 2.07. The van der Waals surface area contributed by atoms with Crippen molar-refractivity contribution in [2.24, 2.45) is 5.73 Å². The van der Waals surface area contributed by atoms with Gasteiger partial charge in [0.25, 0.3) is 5.91 Å². The molecule has 0 aliphatic carbocycles. The summed E-state index contributed by atoms with van der Waals surface area (Å²) in [5.74, 6) is -0.416. The Hall–Kier alpha value is -1.62. The fourth-order valence-electron chi connectivity index (χ4n) is 2.07. The lowest BCUT2D eigenvalue weighted by molar-refractivity contribution is 0.0710. The second kappa shape index (κ2) is 5.35. The van der Waals surface area contributed by atoms with Gasteiger partial charge in [-0.25, -0.2) is 4.39 Å². The molecule has 0 spiro atoms. The SMILES string of the molecule is COc1ccc(C(=O)N2CCC(N)CC2)c(F)c1. The molecule has 0 saturated carbocycles. The molecule has 0 atom stereocenters. The predicted molar refractivity (Wildman–Crippen MR) is 66.1 cm³/mol. The molecule has 1 aromatic rings. The molecule has 1 heterocycles. The second-order valence-electron chi connectivity index (χ2n) is 4.48. The molecular formula is C13H17FN2O2. The number of methoxy groups -OCH3 is 1. The molecule has 1 aliphatic heterocycles. The zero-order valence-corrected chi connectivity index (χ0v) is 10.4. The van der Waals surface area contributed by atoms with Crippen LogP contribution >= 0.6 is 0 Å². The highest BCUT2D eigenvalue weighted by Crippen LogP contribution is 2.19. The summed E-state index contributed by atoms with van der Waals surface area (Å²) in [6.07, 6.45) is 1.53. The van der Waals surface area contributed by atoms with Crippen molar-refractivity contribution in [2.75, 3.05) is 20.2 Å². The molecule has 0 radical (unpaired) electrons. The second-order valence-corrected chi connectivity index (χ2v) is 4.48. The van der Waals surface area contributed by atoms with Gasteiger partial charge in [0, 0.05) is 25.2 Å². The minimum atomic E-state index is -0.547. The number of carbonyl (C=O) groups excluding carboxylic acids is 1. The van der Waals surface area contributed by atoms with Crippen LogP contribution in [0, 0.1) is 5.82 Å². The Morgan fingerprint density at radius 2 is 2.11 bits per heavy atom. The lowest BCUT2D eigenvalue weighted by Crippen LogP contribution is -2.43. The van der Waals surface area contributed by atoms with Crippen LogP contribution in [0.4, 0.5) is 4.39 Å². The third-order valence-electron chi connectivity index (χ3n) is 3.23. The van der Waals surface area contributed by atoms with Gasteiger partial charge in [-0.2, -0.15) is 0 Å². The maximum atomic E-state index is 13.8. The van der Waals surface area contributed by atoms with Crippen LogP contribution in [-0.2, 0) is 0 Å². The molecule has 2 rings (SSSR count). The highest BCUT2D eigenvalue weighted by atomic mass is 19.1. The van der Waals surface area contributed by atoms with E-state index in [0.717, 1.165) is 12.8 Å². The Morgan fingerprint density at radius 3 is 2.67 bits per heavy atom. The molecule has 4 nitrogen and oxygen atoms in total. The van der Waals surface area contributed by atoms with Gasteiger partial charge in [-0.3, -0.25) is 4.79 Å². The number of likely N-dealkylation sites (tertiary alicyclic amines) is 1. The zero-order chi connectivity index (χ0) is 13.1. The van der Waals surface area contributed by atoms with Gasteiger partial charge in [-0.15, -0.1) is 0 Å². The van der Waals surface area contributed by atoms with Crippen molar-refractivity contribution >= 4 is 5.91 Å². The van der Waals surface area contributed by atoms with Crippen molar-refractivity contribution in [1.82, 2.24) is 4.90 Å². The summed E-state index contributed by atoms with van der Waals surface area (Å²) < 4.78 is 18.7. The first-order valence-electron chi connectivity index (χ1n) is 6.00.